The van der Waals surface area contributed by atoms with Gasteiger partial charge in [0.2, 0.25) is 0 Å². The number of ketones is 1. The van der Waals surface area contributed by atoms with Crippen molar-refractivity contribution in [3.63, 3.8) is 0 Å². The predicted molar refractivity (Wildman–Crippen MR) is 99.9 cm³/mol. The van der Waals surface area contributed by atoms with Crippen LogP contribution in [0, 0.1) is 0 Å². The molecule has 6 heteroatoms. The molecule has 0 atom stereocenters. The molecule has 132 valence electrons. The van der Waals surface area contributed by atoms with E-state index in [9.17, 15) is 14.4 Å². The minimum Gasteiger partial charge on any atom is -0.348 e. The number of hydrogen-bond acceptors (Lipinski definition) is 3. The van der Waals surface area contributed by atoms with Crippen LogP contribution in [0.15, 0.2) is 41.3 Å². The number of nitrogens with zero attached hydrogens (tertiary/aromatic N) is 1. The Hall–Kier alpha value is -3.15. The second-order valence-corrected chi connectivity index (χ2v) is 6.51. The summed E-state index contributed by atoms with van der Waals surface area (Å²) in [7, 11) is 0. The van der Waals surface area contributed by atoms with Crippen molar-refractivity contribution in [2.45, 2.75) is 32.7 Å². The van der Waals surface area contributed by atoms with Crippen LogP contribution in [0.5, 0.6) is 0 Å². The number of pyridine rings is 1. The van der Waals surface area contributed by atoms with Crippen molar-refractivity contribution in [1.29, 1.82) is 0 Å². The zero-order valence-corrected chi connectivity index (χ0v) is 14.5. The van der Waals surface area contributed by atoms with Gasteiger partial charge in [0.25, 0.3) is 11.5 Å². The molecule has 0 saturated heterocycles. The number of fused-ring (bicyclic) bond motifs is 2. The molecule has 0 saturated carbocycles. The Balaban J connectivity index is 1.65. The molecule has 2 aromatic heterocycles. The third-order valence-corrected chi connectivity index (χ3v) is 4.87. The SMILES string of the molecule is CCn1ccc2cc(NC(=O)c3cc4c([nH]c3=O)CCCC4=O)ccc21. The van der Waals surface area contributed by atoms with E-state index in [1.54, 1.807) is 0 Å². The van der Waals surface area contributed by atoms with E-state index in [1.807, 2.05) is 30.5 Å². The highest BCUT2D eigenvalue weighted by molar-refractivity contribution is 6.07. The molecule has 2 N–H and O–H groups in total. The molecule has 0 unspecified atom stereocenters. The Labute approximate surface area is 149 Å². The standard InChI is InChI=1S/C20H19N3O3/c1-2-23-9-8-12-10-13(6-7-17(12)23)21-19(25)15-11-14-16(22-20(15)26)4-3-5-18(14)24/h6-11H,2-5H2,1H3,(H,21,25)(H,22,26). The lowest BCUT2D eigenvalue weighted by Gasteiger charge is -2.15. The molecule has 1 amide bonds. The average Bonchev–Trinajstić information content (AvgIpc) is 3.03. The van der Waals surface area contributed by atoms with Crippen molar-refractivity contribution in [1.82, 2.24) is 9.55 Å². The fraction of sp³-hybridized carbons (Fsp3) is 0.250. The average molecular weight is 349 g/mol. The molecule has 2 heterocycles. The van der Waals surface area contributed by atoms with Gasteiger partial charge in [-0.1, -0.05) is 0 Å². The number of anilines is 1. The largest absolute Gasteiger partial charge is 0.348 e. The highest BCUT2D eigenvalue weighted by Crippen LogP contribution is 2.22. The summed E-state index contributed by atoms with van der Waals surface area (Å²) < 4.78 is 2.11. The molecule has 0 aliphatic heterocycles. The topological polar surface area (TPSA) is 84.0 Å². The first-order valence-electron chi connectivity index (χ1n) is 8.76. The quantitative estimate of drug-likeness (QED) is 0.762. The van der Waals surface area contributed by atoms with Gasteiger partial charge in [-0.15, -0.1) is 0 Å². The Bertz CT molecular complexity index is 1090. The van der Waals surface area contributed by atoms with E-state index in [4.69, 9.17) is 0 Å². The summed E-state index contributed by atoms with van der Waals surface area (Å²) in [5.74, 6) is -0.541. The maximum atomic E-state index is 12.6. The molecule has 0 spiro atoms. The summed E-state index contributed by atoms with van der Waals surface area (Å²) in [5.41, 5.74) is 2.28. The molecule has 1 aliphatic carbocycles. The molecule has 0 radical (unpaired) electrons. The van der Waals surface area contributed by atoms with Gasteiger partial charge in [-0.2, -0.15) is 0 Å². The summed E-state index contributed by atoms with van der Waals surface area (Å²) in [4.78, 5) is 39.6. The molecular formula is C20H19N3O3. The molecule has 6 nitrogen and oxygen atoms in total. The van der Waals surface area contributed by atoms with E-state index < -0.39 is 11.5 Å². The Morgan fingerprint density at radius 3 is 2.85 bits per heavy atom. The number of carbonyl (C=O) groups is 2. The highest BCUT2D eigenvalue weighted by atomic mass is 16.2. The van der Waals surface area contributed by atoms with E-state index in [-0.39, 0.29) is 11.3 Å². The third-order valence-electron chi connectivity index (χ3n) is 4.87. The number of nitrogens with one attached hydrogen (secondary N) is 2. The number of amides is 1. The highest BCUT2D eigenvalue weighted by Gasteiger charge is 2.22. The number of benzene rings is 1. The number of aromatic nitrogens is 2. The van der Waals surface area contributed by atoms with Crippen molar-refractivity contribution in [3.05, 3.63) is 63.7 Å². The first-order chi connectivity index (χ1) is 12.6. The predicted octanol–water partition coefficient (Wildman–Crippen LogP) is 3.12. The molecule has 0 bridgehead atoms. The molecule has 26 heavy (non-hydrogen) atoms. The van der Waals surface area contributed by atoms with E-state index in [1.165, 1.54) is 6.07 Å². The molecule has 0 fully saturated rings. The second-order valence-electron chi connectivity index (χ2n) is 6.51. The fourth-order valence-corrected chi connectivity index (χ4v) is 3.50. The van der Waals surface area contributed by atoms with E-state index in [0.717, 1.165) is 23.9 Å². The molecule has 3 aromatic rings. The lowest BCUT2D eigenvalue weighted by Crippen LogP contribution is -2.27. The lowest BCUT2D eigenvalue weighted by atomic mass is 9.93. The first kappa shape index (κ1) is 16.3. The summed E-state index contributed by atoms with van der Waals surface area (Å²) >= 11 is 0. The summed E-state index contributed by atoms with van der Waals surface area (Å²) in [6, 6.07) is 9.03. The number of H-pyrrole nitrogens is 1. The number of rotatable bonds is 3. The molecule has 1 aromatic carbocycles. The number of carbonyl (C=O) groups excluding carboxylic acids is 2. The van der Waals surface area contributed by atoms with Crippen LogP contribution in [-0.2, 0) is 13.0 Å². The van der Waals surface area contributed by atoms with Crippen LogP contribution < -0.4 is 10.9 Å². The molecule has 4 rings (SSSR count). The van der Waals surface area contributed by atoms with Crippen molar-refractivity contribution in [3.8, 4) is 0 Å². The van der Waals surface area contributed by atoms with Crippen LogP contribution >= 0.6 is 0 Å². The van der Waals surface area contributed by atoms with Gasteiger partial charge in [0, 0.05) is 47.0 Å². The van der Waals surface area contributed by atoms with Gasteiger partial charge in [-0.05, 0) is 50.1 Å². The van der Waals surface area contributed by atoms with Crippen molar-refractivity contribution < 1.29 is 9.59 Å². The van der Waals surface area contributed by atoms with Gasteiger partial charge in [-0.3, -0.25) is 14.4 Å². The molecule has 1 aliphatic rings. The van der Waals surface area contributed by atoms with Gasteiger partial charge in [0.15, 0.2) is 5.78 Å². The third kappa shape index (κ3) is 2.73. The monoisotopic (exact) mass is 349 g/mol. The minimum atomic E-state index is -0.512. The van der Waals surface area contributed by atoms with Crippen molar-refractivity contribution >= 4 is 28.3 Å². The maximum Gasteiger partial charge on any atom is 0.261 e. The van der Waals surface area contributed by atoms with Crippen LogP contribution in [-0.4, -0.2) is 21.2 Å². The normalized spacial score (nSPS) is 13.7. The number of aromatic amines is 1. The van der Waals surface area contributed by atoms with E-state index in [0.29, 0.717) is 29.8 Å². The van der Waals surface area contributed by atoms with E-state index >= 15 is 0 Å². The summed E-state index contributed by atoms with van der Waals surface area (Å²) in [6.07, 6.45) is 3.83. The summed E-state index contributed by atoms with van der Waals surface area (Å²) in [5, 5.41) is 3.77. The van der Waals surface area contributed by atoms with Gasteiger partial charge < -0.3 is 14.9 Å². The van der Waals surface area contributed by atoms with Crippen molar-refractivity contribution in [2.75, 3.05) is 5.32 Å². The molecular weight excluding hydrogens is 330 g/mol. The Morgan fingerprint density at radius 2 is 2.04 bits per heavy atom. The van der Waals surface area contributed by atoms with Gasteiger partial charge in [0.1, 0.15) is 5.56 Å². The number of hydrogen-bond donors (Lipinski definition) is 2. The van der Waals surface area contributed by atoms with Crippen LogP contribution in [0.25, 0.3) is 10.9 Å². The lowest BCUT2D eigenvalue weighted by molar-refractivity contribution is 0.0971. The zero-order valence-electron chi connectivity index (χ0n) is 14.5. The van der Waals surface area contributed by atoms with Gasteiger partial charge in [-0.25, -0.2) is 0 Å². The Kier molecular flexibility index (Phi) is 3.95. The van der Waals surface area contributed by atoms with Crippen LogP contribution in [0.3, 0.4) is 0 Å². The van der Waals surface area contributed by atoms with E-state index in [2.05, 4.69) is 21.8 Å². The number of Topliss-reactive ketones (excluding diaryl/α,β-unsaturated/α-hetero) is 1. The summed E-state index contributed by atoms with van der Waals surface area (Å²) in [6.45, 7) is 2.94. The fourth-order valence-electron chi connectivity index (χ4n) is 3.50. The van der Waals surface area contributed by atoms with Crippen molar-refractivity contribution in [2.24, 2.45) is 0 Å². The second kappa shape index (κ2) is 6.29. The Morgan fingerprint density at radius 1 is 1.19 bits per heavy atom. The van der Waals surface area contributed by atoms with Crippen LogP contribution in [0.2, 0.25) is 0 Å². The smallest absolute Gasteiger partial charge is 0.261 e. The van der Waals surface area contributed by atoms with Gasteiger partial charge in [0.05, 0.1) is 0 Å². The first-order valence-corrected chi connectivity index (χ1v) is 8.76. The van der Waals surface area contributed by atoms with Crippen LogP contribution in [0.4, 0.5) is 5.69 Å². The number of aryl methyl sites for hydroxylation is 2. The zero-order chi connectivity index (χ0) is 18.3. The minimum absolute atomic E-state index is 0.0288. The van der Waals surface area contributed by atoms with Crippen LogP contribution in [0.1, 0.15) is 46.2 Å². The maximum absolute atomic E-state index is 12.6. The van der Waals surface area contributed by atoms with Gasteiger partial charge >= 0.3 is 0 Å².